The van der Waals surface area contributed by atoms with Crippen LogP contribution in [0.3, 0.4) is 0 Å². The predicted octanol–water partition coefficient (Wildman–Crippen LogP) is 3.78. The first kappa shape index (κ1) is 13.3. The molecule has 0 N–H and O–H groups in total. The maximum Gasteiger partial charge on any atom is 0.166 e. The summed E-state index contributed by atoms with van der Waals surface area (Å²) in [6.45, 7) is 0. The third-order valence-electron chi connectivity index (χ3n) is 2.87. The molecule has 0 saturated heterocycles. The average molecular weight is 283 g/mol. The molecule has 1 aliphatic rings. The second-order valence-corrected chi connectivity index (χ2v) is 5.17. The first-order valence-corrected chi connectivity index (χ1v) is 6.53. The fourth-order valence-corrected chi connectivity index (χ4v) is 2.58. The Kier molecular flexibility index (Phi) is 4.20. The predicted molar refractivity (Wildman–Crippen MR) is 72.1 cm³/mol. The monoisotopic (exact) mass is 282 g/mol. The number of halogens is 2. The summed E-state index contributed by atoms with van der Waals surface area (Å²) in [5, 5.41) is 1.11. The molecule has 0 amide bonds. The van der Waals surface area contributed by atoms with Gasteiger partial charge in [0.25, 0.3) is 0 Å². The Morgan fingerprint density at radius 1 is 1.00 bits per heavy atom. The number of carbonyl (C=O) groups is 2. The minimum atomic E-state index is -0.0561. The van der Waals surface area contributed by atoms with Crippen molar-refractivity contribution in [3.05, 3.63) is 45.5 Å². The van der Waals surface area contributed by atoms with Crippen LogP contribution >= 0.6 is 23.2 Å². The largest absolute Gasteiger partial charge is 0.294 e. The number of Topliss-reactive ketones (excluding diaryl/α,β-unsaturated/α-hetero) is 2. The molecular formula is C14H12Cl2O2. The molecule has 4 heteroatoms. The molecule has 18 heavy (non-hydrogen) atoms. The molecule has 0 heterocycles. The third kappa shape index (κ3) is 3.21. The van der Waals surface area contributed by atoms with Gasteiger partial charge in [-0.1, -0.05) is 29.3 Å². The lowest BCUT2D eigenvalue weighted by atomic mass is 9.91. The van der Waals surface area contributed by atoms with Crippen molar-refractivity contribution in [2.45, 2.75) is 25.7 Å². The lowest BCUT2D eigenvalue weighted by molar-refractivity contribution is -0.123. The second-order valence-electron chi connectivity index (χ2n) is 4.30. The van der Waals surface area contributed by atoms with Gasteiger partial charge in [0.05, 0.1) is 5.57 Å². The van der Waals surface area contributed by atoms with E-state index in [0.29, 0.717) is 41.3 Å². The van der Waals surface area contributed by atoms with Crippen molar-refractivity contribution in [3.8, 4) is 0 Å². The summed E-state index contributed by atoms with van der Waals surface area (Å²) in [4.78, 5) is 23.2. The number of hydrogen-bond donors (Lipinski definition) is 0. The van der Waals surface area contributed by atoms with Crippen LogP contribution in [0.4, 0.5) is 0 Å². The number of allylic oxidation sites excluding steroid dienone is 2. The van der Waals surface area contributed by atoms with Crippen molar-refractivity contribution >= 4 is 34.8 Å². The van der Waals surface area contributed by atoms with E-state index in [4.69, 9.17) is 23.2 Å². The Bertz CT molecular complexity index is 494. The molecule has 0 spiro atoms. The lowest BCUT2D eigenvalue weighted by Gasteiger charge is -2.11. The number of rotatable bonds is 2. The van der Waals surface area contributed by atoms with E-state index in [0.717, 1.165) is 5.56 Å². The fraction of sp³-hybridized carbons (Fsp3) is 0.286. The molecule has 1 fully saturated rings. The summed E-state index contributed by atoms with van der Waals surface area (Å²) in [7, 11) is 0. The highest BCUT2D eigenvalue weighted by atomic mass is 35.5. The minimum absolute atomic E-state index is 0.0561. The summed E-state index contributed by atoms with van der Waals surface area (Å²) in [6.07, 6.45) is 3.78. The van der Waals surface area contributed by atoms with Gasteiger partial charge < -0.3 is 0 Å². The Hall–Kier alpha value is -1.12. The van der Waals surface area contributed by atoms with Crippen LogP contribution in [0.5, 0.6) is 0 Å². The van der Waals surface area contributed by atoms with Gasteiger partial charge in [0.2, 0.25) is 0 Å². The van der Waals surface area contributed by atoms with Gasteiger partial charge >= 0.3 is 0 Å². The maximum atomic E-state index is 11.6. The van der Waals surface area contributed by atoms with Crippen LogP contribution in [-0.2, 0) is 16.0 Å². The van der Waals surface area contributed by atoms with Crippen LogP contribution in [-0.4, -0.2) is 11.6 Å². The summed E-state index contributed by atoms with van der Waals surface area (Å²) in [5.41, 5.74) is 1.23. The van der Waals surface area contributed by atoms with Gasteiger partial charge in [-0.15, -0.1) is 0 Å². The van der Waals surface area contributed by atoms with Gasteiger partial charge in [-0.3, -0.25) is 9.59 Å². The van der Waals surface area contributed by atoms with E-state index in [2.05, 4.69) is 0 Å². The van der Waals surface area contributed by atoms with E-state index < -0.39 is 0 Å². The Morgan fingerprint density at radius 3 is 2.11 bits per heavy atom. The van der Waals surface area contributed by atoms with E-state index >= 15 is 0 Å². The molecule has 2 rings (SSSR count). The molecule has 0 aromatic heterocycles. The number of benzene rings is 1. The smallest absolute Gasteiger partial charge is 0.166 e. The number of carbonyl (C=O) groups excluding carboxylic acids is 2. The van der Waals surface area contributed by atoms with Gasteiger partial charge in [-0.05, 0) is 36.6 Å². The zero-order chi connectivity index (χ0) is 13.1. The van der Waals surface area contributed by atoms with Gasteiger partial charge in [-0.2, -0.15) is 0 Å². The molecule has 0 unspecified atom stereocenters. The fourth-order valence-electron chi connectivity index (χ4n) is 2.01. The van der Waals surface area contributed by atoms with Crippen LogP contribution in [0.2, 0.25) is 10.0 Å². The average Bonchev–Trinajstić information content (AvgIpc) is 2.27. The van der Waals surface area contributed by atoms with E-state index in [-0.39, 0.29) is 11.6 Å². The Morgan fingerprint density at radius 2 is 1.56 bits per heavy atom. The van der Waals surface area contributed by atoms with E-state index in [1.165, 1.54) is 0 Å². The molecule has 0 bridgehead atoms. The molecule has 94 valence electrons. The summed E-state index contributed by atoms with van der Waals surface area (Å²) in [6, 6.07) is 5.21. The zero-order valence-corrected chi connectivity index (χ0v) is 11.2. The molecule has 0 radical (unpaired) electrons. The van der Waals surface area contributed by atoms with Gasteiger partial charge in [0, 0.05) is 22.9 Å². The molecule has 2 nitrogen and oxygen atoms in total. The van der Waals surface area contributed by atoms with Crippen molar-refractivity contribution in [1.29, 1.82) is 0 Å². The van der Waals surface area contributed by atoms with Crippen molar-refractivity contribution in [3.63, 3.8) is 0 Å². The van der Waals surface area contributed by atoms with Crippen LogP contribution in [0.1, 0.15) is 24.8 Å². The van der Waals surface area contributed by atoms with Crippen LogP contribution < -0.4 is 0 Å². The third-order valence-corrected chi connectivity index (χ3v) is 3.31. The van der Waals surface area contributed by atoms with Gasteiger partial charge in [-0.25, -0.2) is 0 Å². The summed E-state index contributed by atoms with van der Waals surface area (Å²) in [5.74, 6) is -0.112. The standard InChI is InChI=1S/C14H12Cl2O2/c15-10-6-9(7-11(16)8-10)4-5-12-13(17)2-1-3-14(12)18/h5-8H,1-4H2. The lowest BCUT2D eigenvalue weighted by Crippen LogP contribution is -2.18. The number of hydrogen-bond acceptors (Lipinski definition) is 2. The van der Waals surface area contributed by atoms with Crippen LogP contribution in [0.15, 0.2) is 29.8 Å². The summed E-state index contributed by atoms with van der Waals surface area (Å²) < 4.78 is 0. The topological polar surface area (TPSA) is 34.1 Å². The molecule has 0 aliphatic heterocycles. The highest BCUT2D eigenvalue weighted by Crippen LogP contribution is 2.21. The highest BCUT2D eigenvalue weighted by molar-refractivity contribution is 6.34. The first-order chi connectivity index (χ1) is 8.56. The van der Waals surface area contributed by atoms with E-state index in [1.54, 1.807) is 24.3 Å². The molecule has 1 aliphatic carbocycles. The summed E-state index contributed by atoms with van der Waals surface area (Å²) >= 11 is 11.8. The van der Waals surface area contributed by atoms with Crippen LogP contribution in [0.25, 0.3) is 0 Å². The Labute approximate surface area is 116 Å². The zero-order valence-electron chi connectivity index (χ0n) is 9.71. The molecular weight excluding hydrogens is 271 g/mol. The molecule has 1 saturated carbocycles. The van der Waals surface area contributed by atoms with E-state index in [9.17, 15) is 9.59 Å². The normalized spacial score (nSPS) is 16.0. The van der Waals surface area contributed by atoms with Gasteiger partial charge in [0.15, 0.2) is 11.6 Å². The van der Waals surface area contributed by atoms with Gasteiger partial charge in [0.1, 0.15) is 0 Å². The maximum absolute atomic E-state index is 11.6. The van der Waals surface area contributed by atoms with E-state index in [1.807, 2.05) is 0 Å². The van der Waals surface area contributed by atoms with Crippen molar-refractivity contribution in [1.82, 2.24) is 0 Å². The van der Waals surface area contributed by atoms with Crippen molar-refractivity contribution < 1.29 is 9.59 Å². The minimum Gasteiger partial charge on any atom is -0.294 e. The van der Waals surface area contributed by atoms with Crippen molar-refractivity contribution in [2.75, 3.05) is 0 Å². The van der Waals surface area contributed by atoms with Crippen molar-refractivity contribution in [2.24, 2.45) is 0 Å². The molecule has 1 aromatic carbocycles. The highest BCUT2D eigenvalue weighted by Gasteiger charge is 2.22. The molecule has 1 aromatic rings. The quantitative estimate of drug-likeness (QED) is 0.611. The SMILES string of the molecule is O=C1CCCC(=O)C1=CCc1cc(Cl)cc(Cl)c1. The first-order valence-electron chi connectivity index (χ1n) is 5.78. The second kappa shape index (κ2) is 5.68. The Balaban J connectivity index is 2.18. The van der Waals surface area contributed by atoms with Crippen LogP contribution in [0, 0.1) is 0 Å². The molecule has 0 atom stereocenters. The number of ketones is 2.